The summed E-state index contributed by atoms with van der Waals surface area (Å²) < 4.78 is 15.3. The van der Waals surface area contributed by atoms with E-state index in [9.17, 15) is 9.18 Å². The largest absolute Gasteiger partial charge is 0.344 e. The van der Waals surface area contributed by atoms with Gasteiger partial charge < -0.3 is 9.47 Å². The van der Waals surface area contributed by atoms with Crippen molar-refractivity contribution in [1.82, 2.24) is 14.5 Å². The Kier molecular flexibility index (Phi) is 4.83. The van der Waals surface area contributed by atoms with Crippen molar-refractivity contribution in [3.63, 3.8) is 0 Å². The minimum Gasteiger partial charge on any atom is -0.344 e. The van der Waals surface area contributed by atoms with Crippen LogP contribution in [-0.2, 0) is 11.2 Å². The fourth-order valence-corrected chi connectivity index (χ4v) is 2.56. The van der Waals surface area contributed by atoms with Crippen LogP contribution in [0.25, 0.3) is 11.0 Å². The minimum absolute atomic E-state index is 0.0307. The molecule has 1 heterocycles. The molecule has 6 heteroatoms. The predicted molar refractivity (Wildman–Crippen MR) is 82.1 cm³/mol. The van der Waals surface area contributed by atoms with Gasteiger partial charge in [0.2, 0.25) is 5.91 Å². The SMILES string of the molecule is CCN(C)C(=O)C(C)n1c(CCCl)nc2ccc(F)cc21. The standard InChI is InChI=1S/C15H19ClFN3O/c1-4-19(3)15(21)10(2)20-13-9-11(17)5-6-12(13)18-14(20)7-8-16/h5-6,9-10H,4,7-8H2,1-3H3. The van der Waals surface area contributed by atoms with Crippen molar-refractivity contribution >= 4 is 28.5 Å². The summed E-state index contributed by atoms with van der Waals surface area (Å²) in [6.07, 6.45) is 0.533. The van der Waals surface area contributed by atoms with Gasteiger partial charge in [-0.1, -0.05) is 0 Å². The van der Waals surface area contributed by atoms with E-state index in [4.69, 9.17) is 11.6 Å². The second-order valence-corrected chi connectivity index (χ2v) is 5.38. The van der Waals surface area contributed by atoms with Gasteiger partial charge in [-0.2, -0.15) is 0 Å². The van der Waals surface area contributed by atoms with E-state index in [0.29, 0.717) is 35.7 Å². The van der Waals surface area contributed by atoms with Gasteiger partial charge in [0.15, 0.2) is 0 Å². The Balaban J connectivity index is 2.56. The first-order valence-electron chi connectivity index (χ1n) is 6.96. The van der Waals surface area contributed by atoms with Gasteiger partial charge in [0.05, 0.1) is 11.0 Å². The third-order valence-electron chi connectivity index (χ3n) is 3.64. The van der Waals surface area contributed by atoms with Crippen molar-refractivity contribution in [1.29, 1.82) is 0 Å². The van der Waals surface area contributed by atoms with Gasteiger partial charge in [-0.15, -0.1) is 11.6 Å². The second kappa shape index (κ2) is 6.43. The van der Waals surface area contributed by atoms with Crippen molar-refractivity contribution in [2.75, 3.05) is 19.5 Å². The van der Waals surface area contributed by atoms with E-state index in [1.807, 2.05) is 6.92 Å². The molecule has 0 saturated carbocycles. The first-order chi connectivity index (χ1) is 9.99. The summed E-state index contributed by atoms with van der Waals surface area (Å²) in [7, 11) is 1.75. The summed E-state index contributed by atoms with van der Waals surface area (Å²) in [5.41, 5.74) is 1.30. The molecule has 4 nitrogen and oxygen atoms in total. The van der Waals surface area contributed by atoms with E-state index in [-0.39, 0.29) is 11.7 Å². The molecule has 0 aliphatic rings. The van der Waals surface area contributed by atoms with Crippen LogP contribution in [0, 0.1) is 5.82 Å². The first-order valence-corrected chi connectivity index (χ1v) is 7.50. The molecule has 1 atom stereocenters. The van der Waals surface area contributed by atoms with Crippen LogP contribution in [0.5, 0.6) is 0 Å². The molecule has 0 spiro atoms. The van der Waals surface area contributed by atoms with Gasteiger partial charge in [0.1, 0.15) is 17.7 Å². The molecule has 1 aromatic carbocycles. The lowest BCUT2D eigenvalue weighted by Crippen LogP contribution is -2.33. The molecule has 0 bridgehead atoms. The molecule has 2 aromatic rings. The fourth-order valence-electron chi connectivity index (χ4n) is 2.39. The maximum Gasteiger partial charge on any atom is 0.245 e. The van der Waals surface area contributed by atoms with Crippen molar-refractivity contribution in [3.05, 3.63) is 29.8 Å². The molecule has 0 radical (unpaired) electrons. The van der Waals surface area contributed by atoms with E-state index in [0.717, 1.165) is 0 Å². The Morgan fingerprint density at radius 3 is 2.86 bits per heavy atom. The fraction of sp³-hybridized carbons (Fsp3) is 0.467. The number of carbonyl (C=O) groups excluding carboxylic acids is 1. The van der Waals surface area contributed by atoms with Gasteiger partial charge in [0, 0.05) is 25.9 Å². The quantitative estimate of drug-likeness (QED) is 0.796. The molecule has 0 fully saturated rings. The highest BCUT2D eigenvalue weighted by molar-refractivity contribution is 6.17. The maximum absolute atomic E-state index is 13.5. The van der Waals surface area contributed by atoms with Gasteiger partial charge in [-0.25, -0.2) is 9.37 Å². The second-order valence-electron chi connectivity index (χ2n) is 5.00. The number of aryl methyl sites for hydroxylation is 1. The van der Waals surface area contributed by atoms with Crippen LogP contribution in [0.15, 0.2) is 18.2 Å². The lowest BCUT2D eigenvalue weighted by Gasteiger charge is -2.22. The molecule has 21 heavy (non-hydrogen) atoms. The highest BCUT2D eigenvalue weighted by Crippen LogP contribution is 2.24. The third kappa shape index (κ3) is 3.02. The number of likely N-dealkylation sites (N-methyl/N-ethyl adjacent to an activating group) is 1. The Labute approximate surface area is 128 Å². The lowest BCUT2D eigenvalue weighted by molar-refractivity contribution is -0.132. The molecule has 0 aliphatic carbocycles. The maximum atomic E-state index is 13.5. The molecular weight excluding hydrogens is 293 g/mol. The van der Waals surface area contributed by atoms with Gasteiger partial charge in [0.25, 0.3) is 0 Å². The van der Waals surface area contributed by atoms with Gasteiger partial charge in [-0.05, 0) is 32.0 Å². The topological polar surface area (TPSA) is 38.1 Å². The molecular formula is C15H19ClFN3O. The summed E-state index contributed by atoms with van der Waals surface area (Å²) in [6, 6.07) is 3.96. The van der Waals surface area contributed by atoms with Gasteiger partial charge in [-0.3, -0.25) is 4.79 Å². The van der Waals surface area contributed by atoms with E-state index in [1.165, 1.54) is 12.1 Å². The number of alkyl halides is 1. The van der Waals surface area contributed by atoms with Crippen molar-refractivity contribution in [2.24, 2.45) is 0 Å². The summed E-state index contributed by atoms with van der Waals surface area (Å²) >= 11 is 5.82. The zero-order valence-electron chi connectivity index (χ0n) is 12.4. The molecule has 1 aromatic heterocycles. The highest BCUT2D eigenvalue weighted by Gasteiger charge is 2.23. The van der Waals surface area contributed by atoms with E-state index >= 15 is 0 Å². The number of imidazole rings is 1. The average Bonchev–Trinajstić information content (AvgIpc) is 2.82. The third-order valence-corrected chi connectivity index (χ3v) is 3.83. The number of benzene rings is 1. The molecule has 1 amide bonds. The molecule has 114 valence electrons. The van der Waals surface area contributed by atoms with Crippen LogP contribution < -0.4 is 0 Å². The van der Waals surface area contributed by atoms with E-state index < -0.39 is 6.04 Å². The van der Waals surface area contributed by atoms with Gasteiger partial charge >= 0.3 is 0 Å². The van der Waals surface area contributed by atoms with Crippen LogP contribution in [-0.4, -0.2) is 39.8 Å². The number of nitrogens with zero attached hydrogens (tertiary/aromatic N) is 3. The Bertz CT molecular complexity index is 656. The monoisotopic (exact) mass is 311 g/mol. The number of amides is 1. The number of hydrogen-bond acceptors (Lipinski definition) is 2. The van der Waals surface area contributed by atoms with Crippen LogP contribution in [0.3, 0.4) is 0 Å². The number of fused-ring (bicyclic) bond motifs is 1. The molecule has 2 rings (SSSR count). The molecule has 0 N–H and O–H groups in total. The van der Waals surface area contributed by atoms with Crippen LogP contribution in [0.4, 0.5) is 4.39 Å². The van der Waals surface area contributed by atoms with Crippen LogP contribution in [0.1, 0.15) is 25.7 Å². The minimum atomic E-state index is -0.444. The zero-order valence-corrected chi connectivity index (χ0v) is 13.2. The van der Waals surface area contributed by atoms with Crippen molar-refractivity contribution < 1.29 is 9.18 Å². The van der Waals surface area contributed by atoms with E-state index in [2.05, 4.69) is 4.98 Å². The highest BCUT2D eigenvalue weighted by atomic mass is 35.5. The molecule has 0 saturated heterocycles. The number of hydrogen-bond donors (Lipinski definition) is 0. The zero-order chi connectivity index (χ0) is 15.6. The Hall–Kier alpha value is -1.62. The Morgan fingerprint density at radius 1 is 1.52 bits per heavy atom. The van der Waals surface area contributed by atoms with Crippen molar-refractivity contribution in [2.45, 2.75) is 26.3 Å². The number of rotatable bonds is 5. The average molecular weight is 312 g/mol. The normalized spacial score (nSPS) is 12.6. The van der Waals surface area contributed by atoms with Crippen LogP contribution in [0.2, 0.25) is 0 Å². The summed E-state index contributed by atoms with van der Waals surface area (Å²) in [4.78, 5) is 18.5. The molecule has 0 aliphatic heterocycles. The van der Waals surface area contributed by atoms with E-state index in [1.54, 1.807) is 29.5 Å². The lowest BCUT2D eigenvalue weighted by atomic mass is 10.2. The Morgan fingerprint density at radius 2 is 2.24 bits per heavy atom. The number of halogens is 2. The smallest absolute Gasteiger partial charge is 0.245 e. The summed E-state index contributed by atoms with van der Waals surface area (Å²) in [5.74, 6) is 0.730. The molecule has 1 unspecified atom stereocenters. The first kappa shape index (κ1) is 15.8. The summed E-state index contributed by atoms with van der Waals surface area (Å²) in [6.45, 7) is 4.34. The number of aromatic nitrogens is 2. The van der Waals surface area contributed by atoms with Crippen LogP contribution >= 0.6 is 11.6 Å². The number of carbonyl (C=O) groups is 1. The summed E-state index contributed by atoms with van der Waals surface area (Å²) in [5, 5.41) is 0. The predicted octanol–water partition coefficient (Wildman–Crippen LogP) is 3.00. The van der Waals surface area contributed by atoms with Crippen molar-refractivity contribution in [3.8, 4) is 0 Å².